The molecule has 3 heteroatoms. The predicted molar refractivity (Wildman–Crippen MR) is 85.9 cm³/mol. The van der Waals surface area contributed by atoms with Crippen molar-refractivity contribution in [2.45, 2.75) is 70.0 Å². The molecule has 4 fully saturated rings. The summed E-state index contributed by atoms with van der Waals surface area (Å²) in [6.45, 7) is 5.44. The van der Waals surface area contributed by atoms with Gasteiger partial charge in [0.1, 0.15) is 0 Å². The summed E-state index contributed by atoms with van der Waals surface area (Å²) in [7, 11) is 0. The SMILES string of the molecule is CCC(Br)CCNC(=O)C12CC3CC(CC(C)(C3)C1)C2. The summed E-state index contributed by atoms with van der Waals surface area (Å²) in [5.41, 5.74) is 0.454. The van der Waals surface area contributed by atoms with E-state index in [9.17, 15) is 4.79 Å². The number of amides is 1. The fourth-order valence-electron chi connectivity index (χ4n) is 5.72. The highest BCUT2D eigenvalue weighted by molar-refractivity contribution is 9.09. The highest BCUT2D eigenvalue weighted by atomic mass is 79.9. The van der Waals surface area contributed by atoms with Gasteiger partial charge < -0.3 is 5.32 Å². The third-order valence-corrected chi connectivity index (χ3v) is 7.13. The van der Waals surface area contributed by atoms with E-state index in [-0.39, 0.29) is 5.41 Å². The monoisotopic (exact) mass is 341 g/mol. The maximum Gasteiger partial charge on any atom is 0.226 e. The van der Waals surface area contributed by atoms with Crippen LogP contribution in [0, 0.1) is 22.7 Å². The van der Waals surface area contributed by atoms with Crippen LogP contribution in [0.15, 0.2) is 0 Å². The van der Waals surface area contributed by atoms with Crippen LogP contribution in [0.4, 0.5) is 0 Å². The van der Waals surface area contributed by atoms with E-state index < -0.39 is 0 Å². The van der Waals surface area contributed by atoms with Gasteiger partial charge in [0, 0.05) is 11.4 Å². The highest BCUT2D eigenvalue weighted by Gasteiger charge is 2.58. The van der Waals surface area contributed by atoms with E-state index in [1.54, 1.807) is 0 Å². The zero-order chi connectivity index (χ0) is 14.4. The van der Waals surface area contributed by atoms with Gasteiger partial charge in [0.15, 0.2) is 0 Å². The van der Waals surface area contributed by atoms with Crippen LogP contribution in [0.25, 0.3) is 0 Å². The molecule has 3 atom stereocenters. The van der Waals surface area contributed by atoms with Gasteiger partial charge in [0.25, 0.3) is 0 Å². The second-order valence-electron chi connectivity index (χ2n) is 8.10. The molecule has 3 unspecified atom stereocenters. The fourth-order valence-corrected chi connectivity index (χ4v) is 5.95. The second kappa shape index (κ2) is 5.30. The molecule has 20 heavy (non-hydrogen) atoms. The smallest absolute Gasteiger partial charge is 0.226 e. The van der Waals surface area contributed by atoms with Crippen molar-refractivity contribution >= 4 is 21.8 Å². The molecule has 0 aromatic heterocycles. The second-order valence-corrected chi connectivity index (χ2v) is 9.40. The van der Waals surface area contributed by atoms with Crippen LogP contribution in [-0.2, 0) is 4.79 Å². The zero-order valence-corrected chi connectivity index (χ0v) is 14.5. The average Bonchev–Trinajstić information content (AvgIpc) is 2.35. The van der Waals surface area contributed by atoms with Crippen molar-refractivity contribution in [3.63, 3.8) is 0 Å². The topological polar surface area (TPSA) is 29.1 Å². The zero-order valence-electron chi connectivity index (χ0n) is 12.9. The van der Waals surface area contributed by atoms with Gasteiger partial charge >= 0.3 is 0 Å². The predicted octanol–water partition coefficient (Wildman–Crippen LogP) is 4.27. The van der Waals surface area contributed by atoms with Crippen LogP contribution < -0.4 is 5.32 Å². The highest BCUT2D eigenvalue weighted by Crippen LogP contribution is 2.65. The molecular formula is C17H28BrNO. The van der Waals surface area contributed by atoms with Crippen molar-refractivity contribution < 1.29 is 4.79 Å². The van der Waals surface area contributed by atoms with Gasteiger partial charge in [-0.1, -0.05) is 29.8 Å². The quantitative estimate of drug-likeness (QED) is 0.743. The summed E-state index contributed by atoms with van der Waals surface area (Å²) < 4.78 is 0. The van der Waals surface area contributed by atoms with Crippen LogP contribution in [0.1, 0.15) is 65.2 Å². The summed E-state index contributed by atoms with van der Waals surface area (Å²) in [5.74, 6) is 2.02. The van der Waals surface area contributed by atoms with E-state index in [0.29, 0.717) is 16.1 Å². The maximum atomic E-state index is 12.8. The molecule has 0 radical (unpaired) electrons. The number of halogens is 1. The molecule has 114 valence electrons. The average molecular weight is 342 g/mol. The van der Waals surface area contributed by atoms with Gasteiger partial charge in [0.05, 0.1) is 5.41 Å². The Morgan fingerprint density at radius 2 is 1.95 bits per heavy atom. The molecule has 0 aromatic rings. The lowest BCUT2D eigenvalue weighted by Crippen LogP contribution is -2.56. The number of hydrogen-bond acceptors (Lipinski definition) is 1. The molecule has 4 bridgehead atoms. The Bertz CT molecular complexity index is 380. The molecule has 0 aliphatic heterocycles. The van der Waals surface area contributed by atoms with Crippen molar-refractivity contribution in [3.8, 4) is 0 Å². The lowest BCUT2D eigenvalue weighted by atomic mass is 9.44. The molecule has 4 saturated carbocycles. The van der Waals surface area contributed by atoms with E-state index in [1.807, 2.05) is 0 Å². The van der Waals surface area contributed by atoms with Crippen LogP contribution in [0.3, 0.4) is 0 Å². The number of hydrogen-bond donors (Lipinski definition) is 1. The van der Waals surface area contributed by atoms with E-state index in [1.165, 1.54) is 19.3 Å². The minimum absolute atomic E-state index is 0.00709. The summed E-state index contributed by atoms with van der Waals surface area (Å²) in [6.07, 6.45) is 9.78. The van der Waals surface area contributed by atoms with Gasteiger partial charge in [0.2, 0.25) is 5.91 Å². The lowest BCUT2D eigenvalue weighted by molar-refractivity contribution is -0.155. The van der Waals surface area contributed by atoms with Crippen molar-refractivity contribution in [1.29, 1.82) is 0 Å². The lowest BCUT2D eigenvalue weighted by Gasteiger charge is -2.60. The van der Waals surface area contributed by atoms with Gasteiger partial charge in [-0.3, -0.25) is 4.79 Å². The van der Waals surface area contributed by atoms with Crippen molar-refractivity contribution in [3.05, 3.63) is 0 Å². The molecule has 4 aliphatic rings. The first-order valence-corrected chi connectivity index (χ1v) is 9.29. The minimum atomic E-state index is -0.00709. The first-order valence-electron chi connectivity index (χ1n) is 8.37. The maximum absolute atomic E-state index is 12.8. The largest absolute Gasteiger partial charge is 0.356 e. The summed E-state index contributed by atoms with van der Waals surface area (Å²) in [5, 5.41) is 3.25. The van der Waals surface area contributed by atoms with E-state index in [4.69, 9.17) is 0 Å². The fraction of sp³-hybridized carbons (Fsp3) is 0.941. The third-order valence-electron chi connectivity index (χ3n) is 6.02. The number of rotatable bonds is 5. The number of carbonyl (C=O) groups excluding carboxylic acids is 1. The van der Waals surface area contributed by atoms with Crippen LogP contribution in [0.5, 0.6) is 0 Å². The number of alkyl halides is 1. The van der Waals surface area contributed by atoms with Gasteiger partial charge in [-0.15, -0.1) is 0 Å². The van der Waals surface area contributed by atoms with Gasteiger partial charge in [-0.05, 0) is 68.6 Å². The molecule has 0 spiro atoms. The number of nitrogens with one attached hydrogen (secondary N) is 1. The molecule has 1 amide bonds. The van der Waals surface area contributed by atoms with E-state index in [2.05, 4.69) is 35.1 Å². The first-order chi connectivity index (χ1) is 9.45. The number of carbonyl (C=O) groups is 1. The Balaban J connectivity index is 1.62. The standard InChI is InChI=1S/C17H28BrNO/c1-3-14(18)4-5-19-15(20)17-9-12-6-13(10-17)8-16(2,7-12)11-17/h12-14H,3-11H2,1-2H3,(H,19,20). The Hall–Kier alpha value is -0.0500. The Labute approximate surface area is 131 Å². The normalized spacial score (nSPS) is 43.5. The van der Waals surface area contributed by atoms with Gasteiger partial charge in [-0.25, -0.2) is 0 Å². The van der Waals surface area contributed by atoms with Crippen molar-refractivity contribution in [1.82, 2.24) is 5.32 Å². The summed E-state index contributed by atoms with van der Waals surface area (Å²) in [4.78, 5) is 13.3. The van der Waals surface area contributed by atoms with E-state index in [0.717, 1.165) is 50.5 Å². The molecule has 0 heterocycles. The summed E-state index contributed by atoms with van der Waals surface area (Å²) in [6, 6.07) is 0. The van der Waals surface area contributed by atoms with Crippen LogP contribution in [0.2, 0.25) is 0 Å². The Kier molecular flexibility index (Phi) is 3.94. The Morgan fingerprint density at radius 1 is 1.30 bits per heavy atom. The summed E-state index contributed by atoms with van der Waals surface area (Å²) >= 11 is 3.65. The molecule has 4 rings (SSSR count). The molecule has 0 saturated heterocycles. The minimum Gasteiger partial charge on any atom is -0.356 e. The molecule has 4 aliphatic carbocycles. The van der Waals surface area contributed by atoms with Gasteiger partial charge in [-0.2, -0.15) is 0 Å². The molecule has 2 nitrogen and oxygen atoms in total. The van der Waals surface area contributed by atoms with Crippen LogP contribution >= 0.6 is 15.9 Å². The van der Waals surface area contributed by atoms with Crippen molar-refractivity contribution in [2.24, 2.45) is 22.7 Å². The molecule has 0 aromatic carbocycles. The van der Waals surface area contributed by atoms with Crippen molar-refractivity contribution in [2.75, 3.05) is 6.54 Å². The third kappa shape index (κ3) is 2.67. The van der Waals surface area contributed by atoms with Crippen LogP contribution in [-0.4, -0.2) is 17.3 Å². The Morgan fingerprint density at radius 3 is 2.50 bits per heavy atom. The van der Waals surface area contributed by atoms with E-state index >= 15 is 0 Å². The molecular weight excluding hydrogens is 314 g/mol. The first kappa shape index (κ1) is 14.9. The molecule has 1 N–H and O–H groups in total.